The number of fused-ring (bicyclic) bond motifs is 1. The number of aromatic nitrogens is 3. The van der Waals surface area contributed by atoms with Crippen molar-refractivity contribution < 1.29 is 18.0 Å². The molecule has 142 valence electrons. The Kier molecular flexibility index (Phi) is 3.96. The van der Waals surface area contributed by atoms with Gasteiger partial charge >= 0.3 is 6.18 Å². The molecule has 10 heteroatoms. The summed E-state index contributed by atoms with van der Waals surface area (Å²) in [5, 5.41) is 18.0. The molecule has 4 N–H and O–H groups in total. The fourth-order valence-corrected chi connectivity index (χ4v) is 3.08. The van der Waals surface area contributed by atoms with Gasteiger partial charge in [0.2, 0.25) is 5.91 Å². The number of benzene rings is 1. The molecule has 7 nitrogen and oxygen atoms in total. The molecular formula is C18H13F3N6O. The monoisotopic (exact) mass is 386 g/mol. The zero-order valence-electron chi connectivity index (χ0n) is 14.2. The van der Waals surface area contributed by atoms with Crippen LogP contribution in [0.25, 0.3) is 21.9 Å². The van der Waals surface area contributed by atoms with Crippen LogP contribution in [-0.4, -0.2) is 21.1 Å². The van der Waals surface area contributed by atoms with Crippen LogP contribution in [0.1, 0.15) is 12.1 Å². The number of pyridine rings is 1. The van der Waals surface area contributed by atoms with E-state index in [0.29, 0.717) is 17.2 Å². The van der Waals surface area contributed by atoms with Crippen LogP contribution in [0.5, 0.6) is 0 Å². The average molecular weight is 386 g/mol. The molecular weight excluding hydrogens is 373 g/mol. The van der Waals surface area contributed by atoms with Gasteiger partial charge in [0.1, 0.15) is 11.5 Å². The van der Waals surface area contributed by atoms with Gasteiger partial charge in [0, 0.05) is 22.8 Å². The predicted octanol–water partition coefficient (Wildman–Crippen LogP) is 3.32. The van der Waals surface area contributed by atoms with E-state index in [2.05, 4.69) is 15.4 Å². The van der Waals surface area contributed by atoms with Crippen LogP contribution in [0.15, 0.2) is 30.6 Å². The minimum absolute atomic E-state index is 0.127. The number of carbonyl (C=O) groups is 1. The third kappa shape index (κ3) is 3.11. The zero-order chi connectivity index (χ0) is 20.1. The second-order valence-electron chi connectivity index (χ2n) is 6.58. The minimum atomic E-state index is -4.59. The van der Waals surface area contributed by atoms with Crippen molar-refractivity contribution in [1.82, 2.24) is 15.2 Å². The maximum Gasteiger partial charge on any atom is 0.433 e. The molecule has 0 bridgehead atoms. The molecule has 3 aromatic rings. The van der Waals surface area contributed by atoms with Crippen molar-refractivity contribution in [3.05, 3.63) is 36.3 Å². The van der Waals surface area contributed by atoms with E-state index in [4.69, 9.17) is 11.0 Å². The molecule has 0 spiro atoms. The van der Waals surface area contributed by atoms with Crippen LogP contribution < -0.4 is 11.1 Å². The lowest BCUT2D eigenvalue weighted by Crippen LogP contribution is -2.15. The summed E-state index contributed by atoms with van der Waals surface area (Å²) < 4.78 is 39.4. The van der Waals surface area contributed by atoms with E-state index in [9.17, 15) is 18.0 Å². The summed E-state index contributed by atoms with van der Waals surface area (Å²) in [6, 6.07) is 6.51. The van der Waals surface area contributed by atoms with Gasteiger partial charge in [0.05, 0.1) is 24.1 Å². The summed E-state index contributed by atoms with van der Waals surface area (Å²) in [5.41, 5.74) is 5.39. The number of aromatic amines is 1. The highest BCUT2D eigenvalue weighted by molar-refractivity contribution is 6.00. The molecule has 0 unspecified atom stereocenters. The molecule has 0 radical (unpaired) electrons. The third-order valence-electron chi connectivity index (χ3n) is 4.65. The van der Waals surface area contributed by atoms with Crippen molar-refractivity contribution in [2.24, 2.45) is 11.8 Å². The van der Waals surface area contributed by atoms with Crippen LogP contribution in [0.2, 0.25) is 0 Å². The first kappa shape index (κ1) is 17.8. The van der Waals surface area contributed by atoms with Crippen LogP contribution in [-0.2, 0) is 11.0 Å². The number of nitriles is 1. The Labute approximate surface area is 156 Å². The maximum absolute atomic E-state index is 13.1. The molecule has 2 atom stereocenters. The van der Waals surface area contributed by atoms with Crippen LogP contribution in [0.4, 0.5) is 24.7 Å². The zero-order valence-corrected chi connectivity index (χ0v) is 14.2. The number of H-pyrrole nitrogens is 1. The lowest BCUT2D eigenvalue weighted by atomic mass is 10.0. The highest BCUT2D eigenvalue weighted by atomic mass is 19.4. The quantitative estimate of drug-likeness (QED) is 0.596. The van der Waals surface area contributed by atoms with Gasteiger partial charge in [-0.25, -0.2) is 4.98 Å². The second kappa shape index (κ2) is 6.23. The van der Waals surface area contributed by atoms with Crippen molar-refractivity contribution in [3.63, 3.8) is 0 Å². The first-order chi connectivity index (χ1) is 13.3. The number of hydrogen-bond donors (Lipinski definition) is 3. The van der Waals surface area contributed by atoms with Crippen LogP contribution >= 0.6 is 0 Å². The van der Waals surface area contributed by atoms with Crippen molar-refractivity contribution in [1.29, 1.82) is 5.26 Å². The molecule has 0 saturated heterocycles. The van der Waals surface area contributed by atoms with Gasteiger partial charge in [-0.05, 0) is 35.6 Å². The summed E-state index contributed by atoms with van der Waals surface area (Å²) in [6.45, 7) is 0. The van der Waals surface area contributed by atoms with Gasteiger partial charge in [0.15, 0.2) is 0 Å². The van der Waals surface area contributed by atoms with E-state index in [-0.39, 0.29) is 40.4 Å². The lowest BCUT2D eigenvalue weighted by Gasteiger charge is -2.11. The number of carbonyl (C=O) groups excluding carboxylic acids is 1. The van der Waals surface area contributed by atoms with Gasteiger partial charge in [-0.15, -0.1) is 0 Å². The Morgan fingerprint density at radius 2 is 2.11 bits per heavy atom. The van der Waals surface area contributed by atoms with Gasteiger partial charge in [-0.3, -0.25) is 9.89 Å². The second-order valence-corrected chi connectivity index (χ2v) is 6.58. The molecule has 2 aromatic heterocycles. The number of alkyl halides is 3. The van der Waals surface area contributed by atoms with Crippen molar-refractivity contribution >= 4 is 28.2 Å². The minimum Gasteiger partial charge on any atom is -0.398 e. The molecule has 2 heterocycles. The van der Waals surface area contributed by atoms with Crippen molar-refractivity contribution in [2.75, 3.05) is 11.1 Å². The highest BCUT2D eigenvalue weighted by Crippen LogP contribution is 2.39. The molecule has 28 heavy (non-hydrogen) atoms. The van der Waals surface area contributed by atoms with E-state index in [0.717, 1.165) is 6.20 Å². The number of anilines is 2. The molecule has 1 aromatic carbocycles. The van der Waals surface area contributed by atoms with E-state index >= 15 is 0 Å². The Hall–Kier alpha value is -3.61. The smallest absolute Gasteiger partial charge is 0.398 e. The highest BCUT2D eigenvalue weighted by Gasteiger charge is 2.43. The normalized spacial score (nSPS) is 18.6. The summed E-state index contributed by atoms with van der Waals surface area (Å²) in [6.07, 6.45) is -1.55. The third-order valence-corrected chi connectivity index (χ3v) is 4.65. The number of amides is 1. The Morgan fingerprint density at radius 3 is 2.79 bits per heavy atom. The summed E-state index contributed by atoms with van der Waals surface area (Å²) >= 11 is 0. The maximum atomic E-state index is 13.1. The average Bonchev–Trinajstić information content (AvgIpc) is 3.25. The summed E-state index contributed by atoms with van der Waals surface area (Å²) in [5.74, 6) is -0.721. The number of nitrogens with one attached hydrogen (secondary N) is 2. The number of halogens is 3. The Morgan fingerprint density at radius 1 is 1.32 bits per heavy atom. The van der Waals surface area contributed by atoms with Gasteiger partial charge in [-0.1, -0.05) is 0 Å². The van der Waals surface area contributed by atoms with Crippen LogP contribution in [0, 0.1) is 23.2 Å². The Bertz CT molecular complexity index is 1130. The van der Waals surface area contributed by atoms with Crippen molar-refractivity contribution in [2.45, 2.75) is 12.6 Å². The van der Waals surface area contributed by atoms with Gasteiger partial charge in [0.25, 0.3) is 0 Å². The molecule has 4 rings (SSSR count). The van der Waals surface area contributed by atoms with E-state index in [1.165, 1.54) is 24.4 Å². The number of nitrogen functional groups attached to an aromatic ring is 1. The summed E-state index contributed by atoms with van der Waals surface area (Å²) in [4.78, 5) is 16.2. The first-order valence-corrected chi connectivity index (χ1v) is 8.28. The Balaban J connectivity index is 1.71. The number of rotatable bonds is 3. The summed E-state index contributed by atoms with van der Waals surface area (Å²) in [7, 11) is 0. The van der Waals surface area contributed by atoms with Crippen LogP contribution in [0.3, 0.4) is 0 Å². The molecule has 1 aliphatic carbocycles. The van der Waals surface area contributed by atoms with Crippen molar-refractivity contribution in [3.8, 4) is 17.2 Å². The van der Waals surface area contributed by atoms with Gasteiger partial charge < -0.3 is 11.1 Å². The van der Waals surface area contributed by atoms with E-state index in [1.54, 1.807) is 0 Å². The molecule has 1 fully saturated rings. The number of hydrogen-bond acceptors (Lipinski definition) is 5. The number of nitrogens with two attached hydrogens (primary N) is 1. The first-order valence-electron chi connectivity index (χ1n) is 8.28. The SMILES string of the molecule is N#C[C@H]1C[C@@H]1C(=O)Nc1cc2cc(-c3cn[nH]c3C(F)(F)F)cc(N)c2cn1. The molecule has 1 saturated carbocycles. The van der Waals surface area contributed by atoms with E-state index < -0.39 is 11.9 Å². The topological polar surface area (TPSA) is 120 Å². The fraction of sp³-hybridized carbons (Fsp3) is 0.222. The van der Waals surface area contributed by atoms with Gasteiger partial charge in [-0.2, -0.15) is 23.5 Å². The molecule has 0 aliphatic heterocycles. The standard InChI is InChI=1S/C18H13F3N6O/c19-18(20,21)16-13(7-25-27-16)8-1-9-4-15(24-6-12(9)14(23)3-8)26-17(28)11-2-10(11)5-22/h1,3-4,6-7,10-11H,2,23H2,(H,25,27)(H,24,26,28)/t10-,11+/m1/s1. The predicted molar refractivity (Wildman–Crippen MR) is 94.6 cm³/mol. The largest absolute Gasteiger partial charge is 0.433 e. The fourth-order valence-electron chi connectivity index (χ4n) is 3.08. The number of nitrogens with zero attached hydrogens (tertiary/aromatic N) is 3. The molecule has 1 aliphatic rings. The van der Waals surface area contributed by atoms with E-state index in [1.807, 2.05) is 11.2 Å². The molecule has 1 amide bonds. The lowest BCUT2D eigenvalue weighted by molar-refractivity contribution is -0.140.